The summed E-state index contributed by atoms with van der Waals surface area (Å²) >= 11 is 0. The van der Waals surface area contributed by atoms with Gasteiger partial charge in [0.05, 0.1) is 26.1 Å². The van der Waals surface area contributed by atoms with Crippen LogP contribution in [0.5, 0.6) is 11.5 Å². The first-order valence-corrected chi connectivity index (χ1v) is 10.1. The van der Waals surface area contributed by atoms with E-state index in [-0.39, 0.29) is 17.7 Å². The minimum atomic E-state index is -1.06. The second-order valence-corrected chi connectivity index (χ2v) is 7.10. The van der Waals surface area contributed by atoms with Crippen molar-refractivity contribution in [3.8, 4) is 11.5 Å². The van der Waals surface area contributed by atoms with Crippen LogP contribution in [-0.2, 0) is 16.0 Å². The Hall–Kier alpha value is -4.34. The molecule has 0 bridgehead atoms. The van der Waals surface area contributed by atoms with E-state index in [1.807, 2.05) is 0 Å². The summed E-state index contributed by atoms with van der Waals surface area (Å²) in [5.74, 6) is -1.26. The Morgan fingerprint density at radius 2 is 1.79 bits per heavy atom. The van der Waals surface area contributed by atoms with E-state index < -0.39 is 29.8 Å². The number of aromatic nitrogens is 2. The van der Waals surface area contributed by atoms with Crippen LogP contribution in [0.15, 0.2) is 61.1 Å². The van der Waals surface area contributed by atoms with E-state index in [4.69, 9.17) is 15.2 Å². The van der Waals surface area contributed by atoms with Crippen molar-refractivity contribution in [2.75, 3.05) is 14.2 Å². The van der Waals surface area contributed by atoms with Gasteiger partial charge in [-0.05, 0) is 17.7 Å². The maximum Gasteiger partial charge on any atom is 0.255 e. The molecule has 0 spiro atoms. The quantitative estimate of drug-likeness (QED) is 0.363. The van der Waals surface area contributed by atoms with Gasteiger partial charge in [0.2, 0.25) is 11.8 Å². The molecule has 2 atom stereocenters. The Labute approximate surface area is 190 Å². The maximum absolute atomic E-state index is 13.2. The van der Waals surface area contributed by atoms with Crippen LogP contribution in [0.3, 0.4) is 0 Å². The highest BCUT2D eigenvalue weighted by atomic mass is 16.5. The highest BCUT2D eigenvalue weighted by Gasteiger charge is 2.28. The van der Waals surface area contributed by atoms with Gasteiger partial charge in [0.25, 0.3) is 5.91 Å². The van der Waals surface area contributed by atoms with Crippen LogP contribution < -0.4 is 25.8 Å². The number of rotatable bonds is 10. The average Bonchev–Trinajstić information content (AvgIpc) is 3.34. The third-order valence-electron chi connectivity index (χ3n) is 4.95. The van der Waals surface area contributed by atoms with Crippen molar-refractivity contribution < 1.29 is 23.9 Å². The molecule has 5 N–H and O–H groups in total. The number of nitrogens with two attached hydrogens (primary N) is 1. The molecule has 2 unspecified atom stereocenters. The van der Waals surface area contributed by atoms with E-state index in [0.29, 0.717) is 17.0 Å². The normalized spacial score (nSPS) is 12.3. The van der Waals surface area contributed by atoms with Crippen molar-refractivity contribution in [1.29, 1.82) is 0 Å². The number of aromatic amines is 1. The van der Waals surface area contributed by atoms with Gasteiger partial charge in [0.1, 0.15) is 12.1 Å². The molecule has 0 radical (unpaired) electrons. The monoisotopic (exact) mass is 451 g/mol. The van der Waals surface area contributed by atoms with Crippen molar-refractivity contribution in [2.45, 2.75) is 18.5 Å². The number of benzene rings is 2. The number of primary amides is 1. The molecule has 172 valence electrons. The van der Waals surface area contributed by atoms with Gasteiger partial charge in [-0.2, -0.15) is 0 Å². The van der Waals surface area contributed by atoms with Crippen LogP contribution in [0.25, 0.3) is 0 Å². The molecule has 0 fully saturated rings. The van der Waals surface area contributed by atoms with Crippen LogP contribution >= 0.6 is 0 Å². The maximum atomic E-state index is 13.2. The molecule has 0 saturated carbocycles. The Morgan fingerprint density at radius 1 is 1.03 bits per heavy atom. The molecule has 0 aliphatic carbocycles. The lowest BCUT2D eigenvalue weighted by atomic mass is 10.0. The second-order valence-electron chi connectivity index (χ2n) is 7.10. The zero-order valence-corrected chi connectivity index (χ0v) is 18.2. The Morgan fingerprint density at radius 3 is 2.39 bits per heavy atom. The van der Waals surface area contributed by atoms with Crippen molar-refractivity contribution in [3.63, 3.8) is 0 Å². The summed E-state index contributed by atoms with van der Waals surface area (Å²) in [6.07, 6.45) is 3.11. The van der Waals surface area contributed by atoms with E-state index in [1.165, 1.54) is 20.5 Å². The molecule has 10 heteroatoms. The highest BCUT2D eigenvalue weighted by Crippen LogP contribution is 2.30. The smallest absolute Gasteiger partial charge is 0.255 e. The van der Waals surface area contributed by atoms with Crippen LogP contribution in [-0.4, -0.2) is 48.0 Å². The fraction of sp³-hybridized carbons (Fsp3) is 0.217. The molecule has 3 rings (SSSR count). The summed E-state index contributed by atoms with van der Waals surface area (Å²) < 4.78 is 10.6. The summed E-state index contributed by atoms with van der Waals surface area (Å²) in [5.41, 5.74) is 6.86. The summed E-state index contributed by atoms with van der Waals surface area (Å²) in [5, 5.41) is 5.34. The van der Waals surface area contributed by atoms with E-state index in [9.17, 15) is 14.4 Å². The summed E-state index contributed by atoms with van der Waals surface area (Å²) in [4.78, 5) is 45.2. The molecular weight excluding hydrogens is 426 g/mol. The predicted octanol–water partition coefficient (Wildman–Crippen LogP) is 1.11. The first-order valence-electron chi connectivity index (χ1n) is 10.1. The second kappa shape index (κ2) is 10.8. The number of hydrogen-bond donors (Lipinski definition) is 4. The molecule has 0 aliphatic heterocycles. The molecule has 0 saturated heterocycles. The Balaban J connectivity index is 1.86. The van der Waals surface area contributed by atoms with Crippen molar-refractivity contribution in [3.05, 3.63) is 77.9 Å². The lowest BCUT2D eigenvalue weighted by molar-refractivity contribution is -0.128. The SMILES string of the molecule is COc1cccc(C(=O)NC(Cc2cnc[nH]2)C(=O)NC(C(N)=O)c2ccccc2)c1OC. The number of amides is 3. The molecular formula is C23H25N5O5. The summed E-state index contributed by atoms with van der Waals surface area (Å²) in [7, 11) is 2.88. The van der Waals surface area contributed by atoms with Crippen LogP contribution in [0.2, 0.25) is 0 Å². The number of nitrogens with one attached hydrogen (secondary N) is 3. The molecule has 3 amide bonds. The van der Waals surface area contributed by atoms with Crippen molar-refractivity contribution >= 4 is 17.7 Å². The largest absolute Gasteiger partial charge is 0.493 e. The lowest BCUT2D eigenvalue weighted by Gasteiger charge is -2.22. The lowest BCUT2D eigenvalue weighted by Crippen LogP contribution is -2.50. The van der Waals surface area contributed by atoms with Crippen LogP contribution in [0.1, 0.15) is 27.7 Å². The van der Waals surface area contributed by atoms with Gasteiger partial charge >= 0.3 is 0 Å². The zero-order valence-electron chi connectivity index (χ0n) is 18.2. The van der Waals surface area contributed by atoms with Crippen LogP contribution in [0.4, 0.5) is 0 Å². The van der Waals surface area contributed by atoms with Gasteiger partial charge in [-0.15, -0.1) is 0 Å². The minimum Gasteiger partial charge on any atom is -0.493 e. The molecule has 3 aromatic rings. The number of carbonyl (C=O) groups is 3. The summed E-state index contributed by atoms with van der Waals surface area (Å²) in [6, 6.07) is 11.3. The van der Waals surface area contributed by atoms with Gasteiger partial charge in [-0.25, -0.2) is 4.98 Å². The van der Waals surface area contributed by atoms with Crippen molar-refractivity contribution in [1.82, 2.24) is 20.6 Å². The molecule has 33 heavy (non-hydrogen) atoms. The molecule has 10 nitrogen and oxygen atoms in total. The number of nitrogens with zero attached hydrogens (tertiary/aromatic N) is 1. The van der Waals surface area contributed by atoms with Gasteiger partial charge in [0.15, 0.2) is 11.5 Å². The molecule has 0 aliphatic rings. The Kier molecular flexibility index (Phi) is 7.64. The van der Waals surface area contributed by atoms with E-state index >= 15 is 0 Å². The standard InChI is InChI=1S/C23H25N5O5/c1-32-18-10-6-9-16(20(18)33-2)22(30)27-17(11-15-12-25-13-26-15)23(31)28-19(21(24)29)14-7-4-3-5-8-14/h3-10,12-13,17,19H,11H2,1-2H3,(H2,24,29)(H,25,26)(H,27,30)(H,28,31). The number of H-pyrrole nitrogens is 1. The first kappa shape index (κ1) is 23.3. The highest BCUT2D eigenvalue weighted by molar-refractivity contribution is 6.01. The number of para-hydroxylation sites is 1. The number of ether oxygens (including phenoxy) is 2. The van der Waals surface area contributed by atoms with E-state index in [1.54, 1.807) is 54.7 Å². The van der Waals surface area contributed by atoms with Crippen LogP contribution in [0, 0.1) is 0 Å². The number of imidazole rings is 1. The van der Waals surface area contributed by atoms with Gasteiger partial charge in [0, 0.05) is 18.3 Å². The fourth-order valence-corrected chi connectivity index (χ4v) is 3.33. The third kappa shape index (κ3) is 5.67. The van der Waals surface area contributed by atoms with Gasteiger partial charge in [-0.3, -0.25) is 14.4 Å². The number of carbonyl (C=O) groups excluding carboxylic acids is 3. The summed E-state index contributed by atoms with van der Waals surface area (Å²) in [6.45, 7) is 0. The molecule has 1 aromatic heterocycles. The fourth-order valence-electron chi connectivity index (χ4n) is 3.33. The van der Waals surface area contributed by atoms with Gasteiger partial charge < -0.3 is 30.8 Å². The number of methoxy groups -OCH3 is 2. The number of hydrogen-bond acceptors (Lipinski definition) is 6. The van der Waals surface area contributed by atoms with Crippen molar-refractivity contribution in [2.24, 2.45) is 5.73 Å². The first-order chi connectivity index (χ1) is 15.9. The Bertz CT molecular complexity index is 1100. The molecule has 1 heterocycles. The van der Waals surface area contributed by atoms with Gasteiger partial charge in [-0.1, -0.05) is 36.4 Å². The average molecular weight is 451 g/mol. The third-order valence-corrected chi connectivity index (χ3v) is 4.95. The predicted molar refractivity (Wildman–Crippen MR) is 120 cm³/mol. The zero-order chi connectivity index (χ0) is 23.8. The van der Waals surface area contributed by atoms with E-state index in [0.717, 1.165) is 0 Å². The van der Waals surface area contributed by atoms with E-state index in [2.05, 4.69) is 20.6 Å². The molecule has 2 aromatic carbocycles. The topological polar surface area (TPSA) is 148 Å². The minimum absolute atomic E-state index is 0.101.